The normalized spacial score (nSPS) is 21.8. The molecule has 0 atom stereocenters. The van der Waals surface area contributed by atoms with Gasteiger partial charge in [0.25, 0.3) is 5.56 Å². The van der Waals surface area contributed by atoms with Crippen LogP contribution in [0.2, 0.25) is 0 Å². The average molecular weight is 519 g/mol. The summed E-state index contributed by atoms with van der Waals surface area (Å²) in [5.41, 5.74) is 8.18. The Labute approximate surface area is 211 Å². The molecule has 1 aliphatic carbocycles. The highest BCUT2D eigenvalue weighted by atomic mass is 35.5. The average Bonchev–Trinajstić information content (AvgIpc) is 3.07. The molecule has 190 valence electrons. The molecule has 0 spiro atoms. The molecule has 0 saturated heterocycles. The number of fused-ring (bicyclic) bond motifs is 1. The van der Waals surface area contributed by atoms with Crippen LogP contribution in [0.1, 0.15) is 25.3 Å². The molecule has 4 aromatic rings. The van der Waals surface area contributed by atoms with Gasteiger partial charge in [0.1, 0.15) is 18.5 Å². The van der Waals surface area contributed by atoms with E-state index in [4.69, 9.17) is 5.73 Å². The monoisotopic (exact) mass is 518 g/mol. The van der Waals surface area contributed by atoms with E-state index in [1.807, 2.05) is 54.6 Å². The van der Waals surface area contributed by atoms with Crippen LogP contribution >= 0.6 is 12.4 Å². The van der Waals surface area contributed by atoms with Crippen LogP contribution in [0.15, 0.2) is 65.7 Å². The maximum atomic E-state index is 13.3. The molecule has 1 fully saturated rings. The Bertz CT molecular complexity index is 1470. The molecule has 6 nitrogen and oxygen atoms in total. The largest absolute Gasteiger partial charge is 0.406 e. The zero-order chi connectivity index (χ0) is 25.2. The van der Waals surface area contributed by atoms with Crippen molar-refractivity contribution in [1.82, 2.24) is 14.1 Å². The first-order valence-electron chi connectivity index (χ1n) is 11.2. The lowest BCUT2D eigenvalue weighted by Gasteiger charge is -2.49. The van der Waals surface area contributed by atoms with Crippen molar-refractivity contribution in [3.63, 3.8) is 0 Å². The molecule has 10 heteroatoms. The highest BCUT2D eigenvalue weighted by molar-refractivity contribution is 6.02. The van der Waals surface area contributed by atoms with Gasteiger partial charge in [-0.2, -0.15) is 13.2 Å². The predicted molar refractivity (Wildman–Crippen MR) is 135 cm³/mol. The van der Waals surface area contributed by atoms with E-state index in [1.165, 1.54) is 0 Å². The summed E-state index contributed by atoms with van der Waals surface area (Å²) in [5.74, 6) is 0. The molecule has 2 aromatic heterocycles. The summed E-state index contributed by atoms with van der Waals surface area (Å²) < 4.78 is 41.6. The first-order valence-corrected chi connectivity index (χ1v) is 11.2. The minimum absolute atomic E-state index is 0. The number of hydrogen-bond acceptors (Lipinski definition) is 4. The third kappa shape index (κ3) is 4.42. The Hall–Kier alpha value is -3.14. The van der Waals surface area contributed by atoms with Crippen molar-refractivity contribution in [3.8, 4) is 22.4 Å². The van der Waals surface area contributed by atoms with E-state index in [0.29, 0.717) is 39.9 Å². The number of rotatable bonds is 4. The molecule has 2 heterocycles. The van der Waals surface area contributed by atoms with E-state index in [0.717, 1.165) is 17.5 Å². The fraction of sp³-hybridized carbons (Fsp3) is 0.308. The molecule has 0 aliphatic heterocycles. The van der Waals surface area contributed by atoms with Crippen LogP contribution < -0.4 is 11.3 Å². The van der Waals surface area contributed by atoms with Crippen molar-refractivity contribution >= 4 is 23.4 Å². The van der Waals surface area contributed by atoms with Crippen LogP contribution in [0.3, 0.4) is 0 Å². The van der Waals surface area contributed by atoms with Gasteiger partial charge < -0.3 is 15.4 Å². The summed E-state index contributed by atoms with van der Waals surface area (Å²) in [4.78, 5) is 17.5. The lowest BCUT2D eigenvalue weighted by Crippen LogP contribution is -2.58. The Kier molecular flexibility index (Phi) is 6.31. The Morgan fingerprint density at radius 3 is 2.22 bits per heavy atom. The number of hydrogen-bond donors (Lipinski definition) is 2. The quantitative estimate of drug-likeness (QED) is 0.408. The van der Waals surface area contributed by atoms with Gasteiger partial charge >= 0.3 is 6.18 Å². The summed E-state index contributed by atoms with van der Waals surface area (Å²) in [7, 11) is 1.74. The zero-order valence-corrected chi connectivity index (χ0v) is 20.5. The number of aryl methyl sites for hydroxylation is 1. The van der Waals surface area contributed by atoms with E-state index in [1.54, 1.807) is 18.5 Å². The molecule has 1 aliphatic rings. The first-order chi connectivity index (χ1) is 16.4. The van der Waals surface area contributed by atoms with Gasteiger partial charge in [0.05, 0.1) is 16.7 Å². The Morgan fingerprint density at radius 1 is 1.06 bits per heavy atom. The second kappa shape index (κ2) is 8.76. The maximum Gasteiger partial charge on any atom is 0.406 e. The van der Waals surface area contributed by atoms with E-state index in [2.05, 4.69) is 4.98 Å². The summed E-state index contributed by atoms with van der Waals surface area (Å²) in [6.07, 6.45) is -2.71. The minimum Gasteiger partial charge on any atom is -0.390 e. The van der Waals surface area contributed by atoms with Gasteiger partial charge in [-0.05, 0) is 36.5 Å². The van der Waals surface area contributed by atoms with Gasteiger partial charge in [-0.3, -0.25) is 9.36 Å². The van der Waals surface area contributed by atoms with Gasteiger partial charge in [0.2, 0.25) is 0 Å². The van der Waals surface area contributed by atoms with Crippen LogP contribution in [0.4, 0.5) is 13.2 Å². The maximum absolute atomic E-state index is 13.3. The van der Waals surface area contributed by atoms with Crippen molar-refractivity contribution < 1.29 is 18.3 Å². The smallest absolute Gasteiger partial charge is 0.390 e. The van der Waals surface area contributed by atoms with Gasteiger partial charge in [-0.25, -0.2) is 4.98 Å². The number of aromatic nitrogens is 3. The van der Waals surface area contributed by atoms with E-state index >= 15 is 0 Å². The van der Waals surface area contributed by atoms with Crippen LogP contribution in [0.25, 0.3) is 33.4 Å². The summed E-state index contributed by atoms with van der Waals surface area (Å²) in [5, 5.41) is 10.3. The highest BCUT2D eigenvalue weighted by Gasteiger charge is 2.49. The molecule has 3 N–H and O–H groups in total. The van der Waals surface area contributed by atoms with Crippen LogP contribution in [0.5, 0.6) is 0 Å². The number of nitrogens with two attached hydrogens (primary N) is 1. The zero-order valence-electron chi connectivity index (χ0n) is 19.7. The second-order valence-electron chi connectivity index (χ2n) is 9.72. The van der Waals surface area contributed by atoms with Crippen molar-refractivity contribution in [2.75, 3.05) is 0 Å². The number of nitrogens with zero attached hydrogens (tertiary/aromatic N) is 3. The lowest BCUT2D eigenvalue weighted by atomic mass is 9.63. The fourth-order valence-corrected chi connectivity index (χ4v) is 5.35. The molecule has 1 saturated carbocycles. The Balaban J connectivity index is 0.00000304. The second-order valence-corrected chi connectivity index (χ2v) is 9.72. The molecule has 0 amide bonds. The molecule has 0 radical (unpaired) electrons. The molecule has 2 aromatic carbocycles. The predicted octanol–water partition coefficient (Wildman–Crippen LogP) is 4.75. The number of halogens is 4. The topological polar surface area (TPSA) is 86.1 Å². The van der Waals surface area contributed by atoms with Crippen molar-refractivity contribution in [3.05, 3.63) is 76.8 Å². The van der Waals surface area contributed by atoms with Crippen molar-refractivity contribution in [1.29, 1.82) is 0 Å². The SMILES string of the molecule is Cl.Cn1c(-c2ccc([C@]3(N)C[C@](C)(O)C3)cc2)c(-c2ccccc2)c2c(=O)n(CC(F)(F)F)cnc21. The molecule has 0 bridgehead atoms. The van der Waals surface area contributed by atoms with Gasteiger partial charge in [0.15, 0.2) is 0 Å². The minimum atomic E-state index is -4.55. The van der Waals surface area contributed by atoms with Crippen LogP contribution in [0, 0.1) is 0 Å². The summed E-state index contributed by atoms with van der Waals surface area (Å²) in [6.45, 7) is 0.344. The highest BCUT2D eigenvalue weighted by Crippen LogP contribution is 2.47. The fourth-order valence-electron chi connectivity index (χ4n) is 5.35. The molecule has 0 unspecified atom stereocenters. The third-order valence-electron chi connectivity index (χ3n) is 6.70. The molecular weight excluding hydrogens is 493 g/mol. The first kappa shape index (κ1) is 25.9. The van der Waals surface area contributed by atoms with Gasteiger partial charge in [-0.1, -0.05) is 54.6 Å². The van der Waals surface area contributed by atoms with Crippen molar-refractivity contribution in [2.45, 2.75) is 43.6 Å². The van der Waals surface area contributed by atoms with Crippen LogP contribution in [-0.2, 0) is 19.1 Å². The van der Waals surface area contributed by atoms with Gasteiger partial charge in [-0.15, -0.1) is 12.4 Å². The Morgan fingerprint density at radius 2 is 1.67 bits per heavy atom. The van der Waals surface area contributed by atoms with Crippen LogP contribution in [-0.4, -0.2) is 31.0 Å². The molecule has 36 heavy (non-hydrogen) atoms. The summed E-state index contributed by atoms with van der Waals surface area (Å²) in [6, 6.07) is 16.6. The number of benzene rings is 2. The third-order valence-corrected chi connectivity index (χ3v) is 6.70. The van der Waals surface area contributed by atoms with Gasteiger partial charge in [0, 0.05) is 18.2 Å². The number of aliphatic hydroxyl groups is 1. The van der Waals surface area contributed by atoms with Crippen molar-refractivity contribution in [2.24, 2.45) is 12.8 Å². The van der Waals surface area contributed by atoms with E-state index in [-0.39, 0.29) is 17.8 Å². The number of alkyl halides is 3. The summed E-state index contributed by atoms with van der Waals surface area (Å²) >= 11 is 0. The molecule has 5 rings (SSSR count). The standard InChI is InChI=1S/C26H25F3N4O2.ClH/c1-24(35)12-25(30,13-24)18-10-8-17(9-11-18)21-19(16-6-4-3-5-7-16)20-22(32(21)2)31-15-33(23(20)34)14-26(27,28)29;/h3-11,15,35H,12-14,30H2,1-2H3;1H/t24-,25-;. The van der Waals surface area contributed by atoms with E-state index < -0.39 is 29.4 Å². The van der Waals surface area contributed by atoms with E-state index in [9.17, 15) is 23.1 Å². The molecular formula is C26H26ClF3N4O2. The lowest BCUT2D eigenvalue weighted by molar-refractivity contribution is -0.141.